The van der Waals surface area contributed by atoms with Gasteiger partial charge in [-0.25, -0.2) is 0 Å². The van der Waals surface area contributed by atoms with Gasteiger partial charge in [0.05, 0.1) is 12.8 Å². The van der Waals surface area contributed by atoms with Crippen molar-refractivity contribution in [3.05, 3.63) is 23.9 Å². The molecule has 0 saturated heterocycles. The van der Waals surface area contributed by atoms with Crippen molar-refractivity contribution in [2.75, 3.05) is 25.5 Å². The summed E-state index contributed by atoms with van der Waals surface area (Å²) in [4.78, 5) is 24.7. The summed E-state index contributed by atoms with van der Waals surface area (Å²) in [5.74, 6) is -0.420. The second-order valence-electron chi connectivity index (χ2n) is 4.89. The Labute approximate surface area is 127 Å². The topological polar surface area (TPSA) is 103 Å². The van der Waals surface area contributed by atoms with Gasteiger partial charge in [-0.1, -0.05) is 0 Å². The number of hydrogen-bond donors (Lipinski definition) is 4. The number of aliphatic carboxylic acids is 1. The Bertz CT molecular complexity index is 693. The van der Waals surface area contributed by atoms with Crippen LogP contribution in [-0.2, 0) is 16.0 Å². The van der Waals surface area contributed by atoms with Crippen LogP contribution in [0.4, 0.5) is 5.69 Å². The highest BCUT2D eigenvalue weighted by atomic mass is 16.5. The molecule has 0 saturated carbocycles. The van der Waals surface area contributed by atoms with Crippen LogP contribution >= 0.6 is 0 Å². The zero-order valence-electron chi connectivity index (χ0n) is 12.5. The first-order chi connectivity index (χ1) is 10.5. The maximum absolute atomic E-state index is 10.9. The number of aromatic amines is 1. The first-order valence-corrected chi connectivity index (χ1v) is 6.89. The van der Waals surface area contributed by atoms with Crippen LogP contribution < -0.4 is 15.4 Å². The lowest BCUT2D eigenvalue weighted by Crippen LogP contribution is -2.22. The Balaban J connectivity index is 2.24. The Morgan fingerprint density at radius 2 is 2.14 bits per heavy atom. The van der Waals surface area contributed by atoms with Gasteiger partial charge in [-0.05, 0) is 24.1 Å². The summed E-state index contributed by atoms with van der Waals surface area (Å²) in [5, 5.41) is 15.3. The van der Waals surface area contributed by atoms with Crippen molar-refractivity contribution >= 4 is 28.5 Å². The van der Waals surface area contributed by atoms with Crippen LogP contribution in [0.3, 0.4) is 0 Å². The van der Waals surface area contributed by atoms with E-state index in [1.165, 1.54) is 14.0 Å². The predicted octanol–water partition coefficient (Wildman–Crippen LogP) is 1.35. The van der Waals surface area contributed by atoms with E-state index < -0.39 is 5.97 Å². The summed E-state index contributed by atoms with van der Waals surface area (Å²) in [6.07, 6.45) is 2.58. The van der Waals surface area contributed by atoms with Gasteiger partial charge >= 0.3 is 5.97 Å². The molecule has 1 aromatic heterocycles. The van der Waals surface area contributed by atoms with Crippen LogP contribution in [0.15, 0.2) is 18.3 Å². The fourth-order valence-electron chi connectivity index (χ4n) is 2.27. The summed E-state index contributed by atoms with van der Waals surface area (Å²) in [6, 6.07) is 3.68. The van der Waals surface area contributed by atoms with Crippen molar-refractivity contribution in [1.29, 1.82) is 0 Å². The molecule has 0 atom stereocenters. The first kappa shape index (κ1) is 15.7. The third-order valence-corrected chi connectivity index (χ3v) is 3.29. The molecule has 0 radical (unpaired) electrons. The number of ether oxygens (including phenoxy) is 1. The second kappa shape index (κ2) is 6.84. The number of aromatic nitrogens is 1. The number of carbonyl (C=O) groups excluding carboxylic acids is 1. The van der Waals surface area contributed by atoms with Crippen LogP contribution in [0, 0.1) is 0 Å². The van der Waals surface area contributed by atoms with Gasteiger partial charge in [0.2, 0.25) is 5.91 Å². The highest BCUT2D eigenvalue weighted by Crippen LogP contribution is 2.31. The van der Waals surface area contributed by atoms with E-state index >= 15 is 0 Å². The van der Waals surface area contributed by atoms with E-state index in [1.54, 1.807) is 0 Å². The van der Waals surface area contributed by atoms with E-state index in [1.807, 2.05) is 18.3 Å². The van der Waals surface area contributed by atoms with E-state index in [0.29, 0.717) is 24.4 Å². The predicted molar refractivity (Wildman–Crippen MR) is 83.4 cm³/mol. The maximum atomic E-state index is 10.9. The van der Waals surface area contributed by atoms with E-state index in [2.05, 4.69) is 15.6 Å². The fourth-order valence-corrected chi connectivity index (χ4v) is 2.27. The molecular weight excluding hydrogens is 286 g/mol. The molecule has 4 N–H and O–H groups in total. The van der Waals surface area contributed by atoms with E-state index in [4.69, 9.17) is 9.84 Å². The number of carboxylic acid groups (broad SMARTS) is 1. The van der Waals surface area contributed by atoms with Crippen molar-refractivity contribution in [1.82, 2.24) is 10.3 Å². The Morgan fingerprint density at radius 1 is 1.36 bits per heavy atom. The Hall–Kier alpha value is -2.70. The molecule has 2 rings (SSSR count). The Kier molecular flexibility index (Phi) is 4.88. The van der Waals surface area contributed by atoms with E-state index in [-0.39, 0.29) is 12.5 Å². The van der Waals surface area contributed by atoms with Gasteiger partial charge < -0.3 is 25.5 Å². The van der Waals surface area contributed by atoms with Crippen LogP contribution in [0.25, 0.3) is 10.9 Å². The molecule has 1 amide bonds. The van der Waals surface area contributed by atoms with Crippen molar-refractivity contribution in [2.24, 2.45) is 0 Å². The number of H-pyrrole nitrogens is 1. The number of fused-ring (bicyclic) bond motifs is 1. The molecule has 1 aromatic carbocycles. The smallest absolute Gasteiger partial charge is 0.322 e. The van der Waals surface area contributed by atoms with Gasteiger partial charge in [-0.3, -0.25) is 9.59 Å². The highest BCUT2D eigenvalue weighted by Gasteiger charge is 2.11. The quantitative estimate of drug-likeness (QED) is 0.618. The average molecular weight is 305 g/mol. The van der Waals surface area contributed by atoms with Crippen LogP contribution in [0.5, 0.6) is 5.75 Å². The number of benzene rings is 1. The highest BCUT2D eigenvalue weighted by molar-refractivity contribution is 5.90. The SMILES string of the molecule is COc1cc2c(CCNC(C)=O)c[nH]c2cc1NCC(=O)O. The number of anilines is 1. The summed E-state index contributed by atoms with van der Waals surface area (Å²) in [7, 11) is 1.54. The monoisotopic (exact) mass is 305 g/mol. The molecule has 7 heteroatoms. The van der Waals surface area contributed by atoms with Crippen LogP contribution in [0.1, 0.15) is 12.5 Å². The van der Waals surface area contributed by atoms with Crippen molar-refractivity contribution in [3.63, 3.8) is 0 Å². The number of rotatable bonds is 7. The average Bonchev–Trinajstić information content (AvgIpc) is 2.86. The molecule has 118 valence electrons. The molecule has 0 spiro atoms. The normalized spacial score (nSPS) is 10.5. The summed E-state index contributed by atoms with van der Waals surface area (Å²) in [5.41, 5.74) is 2.56. The molecule has 0 unspecified atom stereocenters. The summed E-state index contributed by atoms with van der Waals surface area (Å²) < 4.78 is 5.31. The molecule has 0 bridgehead atoms. The largest absolute Gasteiger partial charge is 0.495 e. The van der Waals surface area contributed by atoms with Gasteiger partial charge in [0, 0.05) is 30.6 Å². The lowest BCUT2D eigenvalue weighted by atomic mass is 10.1. The standard InChI is InChI=1S/C15H19N3O4/c1-9(19)16-4-3-10-7-17-12-6-13(18-8-15(20)21)14(22-2)5-11(10)12/h5-7,17-18H,3-4,8H2,1-2H3,(H,16,19)(H,20,21). The van der Waals surface area contributed by atoms with Gasteiger partial charge in [0.25, 0.3) is 0 Å². The molecule has 7 nitrogen and oxygen atoms in total. The van der Waals surface area contributed by atoms with Crippen LogP contribution in [-0.4, -0.2) is 42.2 Å². The minimum Gasteiger partial charge on any atom is -0.495 e. The number of nitrogens with one attached hydrogen (secondary N) is 3. The van der Waals surface area contributed by atoms with Gasteiger partial charge in [0.1, 0.15) is 12.3 Å². The number of carboxylic acids is 1. The van der Waals surface area contributed by atoms with Gasteiger partial charge in [0.15, 0.2) is 0 Å². The number of methoxy groups -OCH3 is 1. The zero-order chi connectivity index (χ0) is 16.1. The van der Waals surface area contributed by atoms with E-state index in [9.17, 15) is 9.59 Å². The third-order valence-electron chi connectivity index (χ3n) is 3.29. The maximum Gasteiger partial charge on any atom is 0.322 e. The lowest BCUT2D eigenvalue weighted by molar-refractivity contribution is -0.135. The summed E-state index contributed by atoms with van der Waals surface area (Å²) in [6.45, 7) is 1.86. The minimum absolute atomic E-state index is 0.0578. The lowest BCUT2D eigenvalue weighted by Gasteiger charge is -2.10. The third kappa shape index (κ3) is 3.69. The van der Waals surface area contributed by atoms with Crippen molar-refractivity contribution < 1.29 is 19.4 Å². The number of hydrogen-bond acceptors (Lipinski definition) is 4. The minimum atomic E-state index is -0.940. The molecule has 2 aromatic rings. The molecule has 1 heterocycles. The molecule has 22 heavy (non-hydrogen) atoms. The Morgan fingerprint density at radius 3 is 2.77 bits per heavy atom. The van der Waals surface area contributed by atoms with Crippen LogP contribution in [0.2, 0.25) is 0 Å². The zero-order valence-corrected chi connectivity index (χ0v) is 12.5. The fraction of sp³-hybridized carbons (Fsp3) is 0.333. The second-order valence-corrected chi connectivity index (χ2v) is 4.89. The van der Waals surface area contributed by atoms with Crippen molar-refractivity contribution in [3.8, 4) is 5.75 Å². The molecule has 0 aliphatic heterocycles. The molecule has 0 fully saturated rings. The molecular formula is C15H19N3O4. The van der Waals surface area contributed by atoms with Crippen molar-refractivity contribution in [2.45, 2.75) is 13.3 Å². The first-order valence-electron chi connectivity index (χ1n) is 6.89. The van der Waals surface area contributed by atoms with E-state index in [0.717, 1.165) is 16.5 Å². The molecule has 0 aliphatic carbocycles. The molecule has 0 aliphatic rings. The van der Waals surface area contributed by atoms with Gasteiger partial charge in [-0.15, -0.1) is 0 Å². The number of amides is 1. The summed E-state index contributed by atoms with van der Waals surface area (Å²) >= 11 is 0. The van der Waals surface area contributed by atoms with Gasteiger partial charge in [-0.2, -0.15) is 0 Å². The number of carbonyl (C=O) groups is 2.